The summed E-state index contributed by atoms with van der Waals surface area (Å²) in [6.07, 6.45) is 4.63. The molecule has 24 heavy (non-hydrogen) atoms. The smallest absolute Gasteiger partial charge is 0.326 e. The van der Waals surface area contributed by atoms with Crippen LogP contribution in [0.2, 0.25) is 0 Å². The number of hydrogen-bond acceptors (Lipinski definition) is 5. The molecule has 0 spiro atoms. The molecule has 2 heterocycles. The summed E-state index contributed by atoms with van der Waals surface area (Å²) in [5.74, 6) is -1.09. The molecular formula is C17H16N2O3S2. The van der Waals surface area contributed by atoms with Gasteiger partial charge < -0.3 is 10.2 Å². The maximum Gasteiger partial charge on any atom is 0.326 e. The first kappa shape index (κ1) is 16.6. The number of aromatic hydroxyl groups is 1. The lowest BCUT2D eigenvalue weighted by Gasteiger charge is -2.14. The van der Waals surface area contributed by atoms with E-state index in [1.807, 2.05) is 31.2 Å². The molecule has 0 radical (unpaired) electrons. The Balaban J connectivity index is 2.05. The fraction of sp³-hybridized carbons (Fsp3) is 0.235. The van der Waals surface area contributed by atoms with Crippen molar-refractivity contribution in [2.45, 2.75) is 25.8 Å². The van der Waals surface area contributed by atoms with E-state index in [9.17, 15) is 15.0 Å². The second-order valence-electron chi connectivity index (χ2n) is 5.44. The summed E-state index contributed by atoms with van der Waals surface area (Å²) in [7, 11) is 0. The Kier molecular flexibility index (Phi) is 4.64. The molecule has 0 aliphatic carbocycles. The van der Waals surface area contributed by atoms with Gasteiger partial charge in [-0.1, -0.05) is 31.5 Å². The van der Waals surface area contributed by atoms with Crippen LogP contribution >= 0.6 is 23.6 Å². The molecule has 1 unspecified atom stereocenters. The number of para-hydroxylation sites is 1. The highest BCUT2D eigenvalue weighted by Crippen LogP contribution is 2.37. The second-order valence-corrected chi connectivity index (χ2v) is 7.12. The van der Waals surface area contributed by atoms with Crippen LogP contribution in [-0.4, -0.2) is 27.0 Å². The number of benzene rings is 1. The van der Waals surface area contributed by atoms with Crippen LogP contribution in [0.1, 0.15) is 36.2 Å². The van der Waals surface area contributed by atoms with E-state index in [1.54, 1.807) is 12.3 Å². The molecule has 0 saturated carbocycles. The van der Waals surface area contributed by atoms with Crippen molar-refractivity contribution in [2.24, 2.45) is 4.99 Å². The molecule has 1 aliphatic rings. The van der Waals surface area contributed by atoms with E-state index in [2.05, 4.69) is 4.99 Å². The molecule has 7 heteroatoms. The normalized spacial score (nSPS) is 15.6. The van der Waals surface area contributed by atoms with E-state index in [0.29, 0.717) is 21.7 Å². The van der Waals surface area contributed by atoms with Crippen LogP contribution in [-0.2, 0) is 4.79 Å². The number of rotatable bonds is 5. The number of carboxylic acid groups (broad SMARTS) is 1. The maximum absolute atomic E-state index is 11.5. The minimum Gasteiger partial charge on any atom is -0.493 e. The third-order valence-electron chi connectivity index (χ3n) is 3.85. The van der Waals surface area contributed by atoms with Gasteiger partial charge in [0.1, 0.15) is 6.04 Å². The molecule has 0 bridgehead atoms. The average molecular weight is 360 g/mol. The highest BCUT2D eigenvalue weighted by molar-refractivity contribution is 7.73. The quantitative estimate of drug-likeness (QED) is 0.760. The summed E-state index contributed by atoms with van der Waals surface area (Å²) in [4.78, 5) is 16.4. The number of carbonyl (C=O) groups is 1. The fourth-order valence-electron chi connectivity index (χ4n) is 2.69. The van der Waals surface area contributed by atoms with Crippen molar-refractivity contribution in [1.82, 2.24) is 4.57 Å². The SMILES string of the molecule is CCCC(C(=O)O)n1c(O)c(C=C2C=Nc3ccccc32)sc1=S. The summed E-state index contributed by atoms with van der Waals surface area (Å²) >= 11 is 6.48. The molecule has 2 N–H and O–H groups in total. The Morgan fingerprint density at radius 1 is 1.46 bits per heavy atom. The van der Waals surface area contributed by atoms with Crippen LogP contribution < -0.4 is 0 Å². The van der Waals surface area contributed by atoms with E-state index in [0.717, 1.165) is 16.8 Å². The van der Waals surface area contributed by atoms with Gasteiger partial charge in [0, 0.05) is 17.4 Å². The van der Waals surface area contributed by atoms with Gasteiger partial charge in [0.05, 0.1) is 10.6 Å². The standard InChI is InChI=1S/C17H16N2O3S2/c1-2-5-13(16(21)22)19-15(20)14(24-17(19)23)8-10-9-18-12-7-4-3-6-11(10)12/h3-4,6-9,13,20H,2,5H2,1H3,(H,21,22). The van der Waals surface area contributed by atoms with E-state index < -0.39 is 12.0 Å². The Morgan fingerprint density at radius 3 is 2.92 bits per heavy atom. The summed E-state index contributed by atoms with van der Waals surface area (Å²) in [6.45, 7) is 1.90. The zero-order valence-corrected chi connectivity index (χ0v) is 14.6. The number of allylic oxidation sites excluding steroid dienone is 1. The van der Waals surface area contributed by atoms with Gasteiger partial charge >= 0.3 is 5.97 Å². The predicted molar refractivity (Wildman–Crippen MR) is 98.9 cm³/mol. The van der Waals surface area contributed by atoms with Crippen molar-refractivity contribution in [1.29, 1.82) is 0 Å². The minimum absolute atomic E-state index is 0.101. The van der Waals surface area contributed by atoms with Crippen molar-refractivity contribution in [3.8, 4) is 5.88 Å². The fourth-order valence-corrected chi connectivity index (χ4v) is 4.05. The average Bonchev–Trinajstić information content (AvgIpc) is 3.08. The van der Waals surface area contributed by atoms with Crippen LogP contribution in [0.3, 0.4) is 0 Å². The molecule has 0 amide bonds. The van der Waals surface area contributed by atoms with Crippen LogP contribution in [0, 0.1) is 3.95 Å². The highest BCUT2D eigenvalue weighted by Gasteiger charge is 2.25. The number of carboxylic acids is 1. The molecule has 1 aromatic heterocycles. The predicted octanol–water partition coefficient (Wildman–Crippen LogP) is 4.67. The van der Waals surface area contributed by atoms with E-state index in [1.165, 1.54) is 15.9 Å². The Labute approximate surface area is 148 Å². The zero-order chi connectivity index (χ0) is 17.3. The largest absolute Gasteiger partial charge is 0.493 e. The molecule has 1 aliphatic heterocycles. The molecule has 1 aromatic carbocycles. The second kappa shape index (κ2) is 6.70. The van der Waals surface area contributed by atoms with Crippen molar-refractivity contribution in [2.75, 3.05) is 0 Å². The molecular weight excluding hydrogens is 344 g/mol. The lowest BCUT2D eigenvalue weighted by Crippen LogP contribution is -2.18. The number of aromatic nitrogens is 1. The topological polar surface area (TPSA) is 74.8 Å². The van der Waals surface area contributed by atoms with Gasteiger partial charge in [0.25, 0.3) is 0 Å². The van der Waals surface area contributed by atoms with Crippen LogP contribution in [0.15, 0.2) is 29.3 Å². The number of aliphatic imine (C=N–C) groups is 1. The highest BCUT2D eigenvalue weighted by atomic mass is 32.1. The molecule has 124 valence electrons. The lowest BCUT2D eigenvalue weighted by molar-refractivity contribution is -0.141. The van der Waals surface area contributed by atoms with Crippen molar-refractivity contribution in [3.63, 3.8) is 0 Å². The number of fused-ring (bicyclic) bond motifs is 1. The Hall–Kier alpha value is -2.25. The number of aliphatic carboxylic acids is 1. The third kappa shape index (κ3) is 2.92. The monoisotopic (exact) mass is 360 g/mol. The van der Waals surface area contributed by atoms with E-state index >= 15 is 0 Å². The van der Waals surface area contributed by atoms with Gasteiger partial charge in [-0.15, -0.1) is 11.3 Å². The number of hydrogen-bond donors (Lipinski definition) is 2. The van der Waals surface area contributed by atoms with Crippen LogP contribution in [0.4, 0.5) is 5.69 Å². The summed E-state index contributed by atoms with van der Waals surface area (Å²) in [5, 5.41) is 19.9. The first-order chi connectivity index (χ1) is 11.5. The van der Waals surface area contributed by atoms with Gasteiger partial charge in [-0.05, 0) is 30.8 Å². The molecule has 5 nitrogen and oxygen atoms in total. The third-order valence-corrected chi connectivity index (χ3v) is 5.18. The number of thiazole rings is 1. The molecule has 0 saturated heterocycles. The zero-order valence-electron chi connectivity index (χ0n) is 13.0. The van der Waals surface area contributed by atoms with Gasteiger partial charge in [-0.25, -0.2) is 4.79 Å². The molecule has 1 atom stereocenters. The first-order valence-corrected chi connectivity index (χ1v) is 8.77. The summed E-state index contributed by atoms with van der Waals surface area (Å²) < 4.78 is 1.68. The van der Waals surface area contributed by atoms with Crippen molar-refractivity contribution in [3.05, 3.63) is 38.7 Å². The van der Waals surface area contributed by atoms with Crippen molar-refractivity contribution < 1.29 is 15.0 Å². The Bertz CT molecular complexity index is 909. The van der Waals surface area contributed by atoms with Gasteiger partial charge in [0.15, 0.2) is 3.95 Å². The van der Waals surface area contributed by atoms with Crippen LogP contribution in [0.25, 0.3) is 11.6 Å². The summed E-state index contributed by atoms with van der Waals surface area (Å²) in [6, 6.07) is 6.87. The first-order valence-electron chi connectivity index (χ1n) is 7.55. The minimum atomic E-state index is -0.993. The molecule has 2 aromatic rings. The van der Waals surface area contributed by atoms with Gasteiger partial charge in [-0.2, -0.15) is 0 Å². The molecule has 3 rings (SSSR count). The van der Waals surface area contributed by atoms with E-state index in [4.69, 9.17) is 12.2 Å². The Morgan fingerprint density at radius 2 is 2.21 bits per heavy atom. The maximum atomic E-state index is 11.5. The van der Waals surface area contributed by atoms with E-state index in [-0.39, 0.29) is 5.88 Å². The van der Waals surface area contributed by atoms with Gasteiger partial charge in [-0.3, -0.25) is 9.56 Å². The number of nitrogens with zero attached hydrogens (tertiary/aromatic N) is 2. The lowest BCUT2D eigenvalue weighted by atomic mass is 10.1. The van der Waals surface area contributed by atoms with Gasteiger partial charge in [0.2, 0.25) is 5.88 Å². The molecule has 0 fully saturated rings. The van der Waals surface area contributed by atoms with Crippen molar-refractivity contribution >= 4 is 53.1 Å². The summed E-state index contributed by atoms with van der Waals surface area (Å²) in [5.41, 5.74) is 2.72. The van der Waals surface area contributed by atoms with Crippen LogP contribution in [0.5, 0.6) is 5.88 Å².